The lowest BCUT2D eigenvalue weighted by molar-refractivity contribution is 0.0946. The quantitative estimate of drug-likeness (QED) is 0.403. The van der Waals surface area contributed by atoms with Crippen LogP contribution in [-0.4, -0.2) is 27.4 Å². The van der Waals surface area contributed by atoms with Gasteiger partial charge in [0, 0.05) is 24.9 Å². The molecule has 0 aliphatic rings. The number of imidazole rings is 1. The molecule has 0 saturated carbocycles. The van der Waals surface area contributed by atoms with E-state index in [9.17, 15) is 4.79 Å². The van der Waals surface area contributed by atoms with Crippen LogP contribution in [-0.2, 0) is 19.5 Å². The summed E-state index contributed by atoms with van der Waals surface area (Å²) in [5.41, 5.74) is 3.57. The number of aromatic amines is 1. The normalized spacial score (nSPS) is 11.0. The van der Waals surface area contributed by atoms with Crippen LogP contribution in [0.2, 0.25) is 0 Å². The summed E-state index contributed by atoms with van der Waals surface area (Å²) in [5.74, 6) is 0.780. The van der Waals surface area contributed by atoms with Gasteiger partial charge >= 0.3 is 0 Å². The Hall–Kier alpha value is -3.03. The van der Waals surface area contributed by atoms with E-state index in [-0.39, 0.29) is 5.91 Å². The van der Waals surface area contributed by atoms with E-state index in [4.69, 9.17) is 0 Å². The van der Waals surface area contributed by atoms with E-state index in [2.05, 4.69) is 25.6 Å². The van der Waals surface area contributed by atoms with Gasteiger partial charge in [-0.25, -0.2) is 9.97 Å². The molecule has 1 amide bonds. The van der Waals surface area contributed by atoms with Gasteiger partial charge in [0.25, 0.3) is 5.91 Å². The fourth-order valence-electron chi connectivity index (χ4n) is 2.89. The van der Waals surface area contributed by atoms with E-state index in [1.165, 1.54) is 11.3 Å². The minimum absolute atomic E-state index is 0.137. The first kappa shape index (κ1) is 18.3. The topological polar surface area (TPSA) is 82.7 Å². The summed E-state index contributed by atoms with van der Waals surface area (Å²) in [4.78, 5) is 24.5. The van der Waals surface area contributed by atoms with Crippen molar-refractivity contribution >= 4 is 28.3 Å². The zero-order chi connectivity index (χ0) is 19.2. The smallest absolute Gasteiger partial charge is 0.271 e. The summed E-state index contributed by atoms with van der Waals surface area (Å²) in [7, 11) is 0. The van der Waals surface area contributed by atoms with Gasteiger partial charge in [-0.1, -0.05) is 42.5 Å². The molecule has 4 aromatic rings. The van der Waals surface area contributed by atoms with Crippen molar-refractivity contribution in [1.29, 1.82) is 0 Å². The van der Waals surface area contributed by atoms with Crippen LogP contribution >= 0.6 is 11.3 Å². The number of para-hydroxylation sites is 2. The highest BCUT2D eigenvalue weighted by molar-refractivity contribution is 7.09. The van der Waals surface area contributed by atoms with Crippen LogP contribution in [0.4, 0.5) is 0 Å². The fraction of sp³-hybridized carbons (Fsp3) is 0.190. The maximum Gasteiger partial charge on any atom is 0.271 e. The second kappa shape index (κ2) is 8.77. The van der Waals surface area contributed by atoms with Crippen LogP contribution in [0.1, 0.15) is 26.9 Å². The molecular weight excluding hydrogens is 370 g/mol. The molecule has 0 unspecified atom stereocenters. The number of rotatable bonds is 8. The lowest BCUT2D eigenvalue weighted by atomic mass is 10.2. The number of carbonyl (C=O) groups is 1. The van der Waals surface area contributed by atoms with Gasteiger partial charge in [-0.05, 0) is 17.7 Å². The second-order valence-corrected chi connectivity index (χ2v) is 7.36. The first-order chi connectivity index (χ1) is 13.8. The highest BCUT2D eigenvalue weighted by Crippen LogP contribution is 2.12. The lowest BCUT2D eigenvalue weighted by Crippen LogP contribution is -2.23. The molecule has 4 rings (SSSR count). The number of benzene rings is 2. The third kappa shape index (κ3) is 4.62. The highest BCUT2D eigenvalue weighted by atomic mass is 32.1. The molecule has 2 aromatic carbocycles. The monoisotopic (exact) mass is 391 g/mol. The van der Waals surface area contributed by atoms with Gasteiger partial charge in [0.1, 0.15) is 11.5 Å². The molecule has 3 N–H and O–H groups in total. The maximum absolute atomic E-state index is 12.2. The molecule has 7 heteroatoms. The van der Waals surface area contributed by atoms with Crippen molar-refractivity contribution in [1.82, 2.24) is 25.6 Å². The number of aromatic nitrogens is 3. The molecule has 142 valence electrons. The van der Waals surface area contributed by atoms with Crippen LogP contribution in [0.15, 0.2) is 60.0 Å². The number of hydrogen-bond donors (Lipinski definition) is 3. The third-order valence-electron chi connectivity index (χ3n) is 4.33. The van der Waals surface area contributed by atoms with Crippen LogP contribution < -0.4 is 10.6 Å². The molecule has 28 heavy (non-hydrogen) atoms. The molecule has 2 aromatic heterocycles. The maximum atomic E-state index is 12.2. The Balaban J connectivity index is 1.22. The molecule has 0 aliphatic carbocycles. The molecule has 2 heterocycles. The van der Waals surface area contributed by atoms with Crippen LogP contribution in [0, 0.1) is 0 Å². The van der Waals surface area contributed by atoms with Gasteiger partial charge in [-0.2, -0.15) is 0 Å². The largest absolute Gasteiger partial charge is 0.347 e. The molecule has 0 spiro atoms. The summed E-state index contributed by atoms with van der Waals surface area (Å²) in [5, 5.41) is 9.04. The Morgan fingerprint density at radius 3 is 2.68 bits per heavy atom. The number of thiazole rings is 1. The van der Waals surface area contributed by atoms with E-state index < -0.39 is 0 Å². The second-order valence-electron chi connectivity index (χ2n) is 6.42. The van der Waals surface area contributed by atoms with Crippen molar-refractivity contribution < 1.29 is 4.79 Å². The first-order valence-electron chi connectivity index (χ1n) is 9.19. The predicted octanol–water partition coefficient (Wildman–Crippen LogP) is 3.28. The molecule has 0 radical (unpaired) electrons. The van der Waals surface area contributed by atoms with Crippen LogP contribution in [0.3, 0.4) is 0 Å². The van der Waals surface area contributed by atoms with Gasteiger partial charge in [-0.15, -0.1) is 11.3 Å². The van der Waals surface area contributed by atoms with Gasteiger partial charge in [0.15, 0.2) is 0 Å². The number of carbonyl (C=O) groups excluding carboxylic acids is 1. The van der Waals surface area contributed by atoms with Crippen LogP contribution in [0.25, 0.3) is 11.0 Å². The van der Waals surface area contributed by atoms with E-state index in [1.807, 2.05) is 60.0 Å². The standard InChI is InChI=1S/C21H21N5OS/c27-21(23-12-15-6-2-1-3-7-15)18-14-28-20(26-18)10-11-22-13-19-24-16-8-4-5-9-17(16)25-19/h1-9,14,22H,10-13H2,(H,23,27)(H,24,25). The van der Waals surface area contributed by atoms with Crippen molar-refractivity contribution in [2.45, 2.75) is 19.5 Å². The Kier molecular flexibility index (Phi) is 5.75. The SMILES string of the molecule is O=C(NCc1ccccc1)c1csc(CCNCc2nc3ccccc3[nH]2)n1. The Bertz CT molecular complexity index is 1020. The van der Waals surface area contributed by atoms with E-state index in [0.717, 1.165) is 40.4 Å². The van der Waals surface area contributed by atoms with E-state index in [0.29, 0.717) is 18.8 Å². The predicted molar refractivity (Wildman–Crippen MR) is 111 cm³/mol. The van der Waals surface area contributed by atoms with Crippen molar-refractivity contribution in [3.05, 3.63) is 82.1 Å². The Labute approximate surface area is 167 Å². The summed E-state index contributed by atoms with van der Waals surface area (Å²) >= 11 is 1.51. The summed E-state index contributed by atoms with van der Waals surface area (Å²) < 4.78 is 0. The minimum atomic E-state index is -0.137. The lowest BCUT2D eigenvalue weighted by Gasteiger charge is -2.03. The Morgan fingerprint density at radius 1 is 1.00 bits per heavy atom. The van der Waals surface area contributed by atoms with Crippen molar-refractivity contribution in [3.63, 3.8) is 0 Å². The number of nitrogens with zero attached hydrogens (tertiary/aromatic N) is 2. The number of amides is 1. The fourth-order valence-corrected chi connectivity index (χ4v) is 3.67. The number of H-pyrrole nitrogens is 1. The summed E-state index contributed by atoms with van der Waals surface area (Å²) in [6.07, 6.45) is 0.775. The molecule has 0 atom stereocenters. The zero-order valence-electron chi connectivity index (χ0n) is 15.3. The van der Waals surface area contributed by atoms with Gasteiger partial charge < -0.3 is 15.6 Å². The number of nitrogens with one attached hydrogen (secondary N) is 3. The molecule has 0 fully saturated rings. The average Bonchev–Trinajstić information content (AvgIpc) is 3.37. The summed E-state index contributed by atoms with van der Waals surface area (Å²) in [6, 6.07) is 17.8. The van der Waals surface area contributed by atoms with Crippen molar-refractivity contribution in [3.8, 4) is 0 Å². The highest BCUT2D eigenvalue weighted by Gasteiger charge is 2.10. The molecule has 6 nitrogen and oxygen atoms in total. The van der Waals surface area contributed by atoms with Crippen molar-refractivity contribution in [2.75, 3.05) is 6.54 Å². The Morgan fingerprint density at radius 2 is 1.82 bits per heavy atom. The zero-order valence-corrected chi connectivity index (χ0v) is 16.1. The number of fused-ring (bicyclic) bond motifs is 1. The molecule has 0 aliphatic heterocycles. The van der Waals surface area contributed by atoms with Gasteiger partial charge in [0.2, 0.25) is 0 Å². The summed E-state index contributed by atoms with van der Waals surface area (Å²) in [6.45, 7) is 1.95. The number of hydrogen-bond acceptors (Lipinski definition) is 5. The van der Waals surface area contributed by atoms with Gasteiger partial charge in [-0.3, -0.25) is 4.79 Å². The average molecular weight is 392 g/mol. The third-order valence-corrected chi connectivity index (χ3v) is 5.24. The molecule has 0 bridgehead atoms. The van der Waals surface area contributed by atoms with E-state index >= 15 is 0 Å². The minimum Gasteiger partial charge on any atom is -0.347 e. The molecule has 0 saturated heterocycles. The van der Waals surface area contributed by atoms with Crippen molar-refractivity contribution in [2.24, 2.45) is 0 Å². The van der Waals surface area contributed by atoms with E-state index in [1.54, 1.807) is 0 Å². The van der Waals surface area contributed by atoms with Crippen LogP contribution in [0.5, 0.6) is 0 Å². The molecular formula is C21H21N5OS. The first-order valence-corrected chi connectivity index (χ1v) is 10.1. The van der Waals surface area contributed by atoms with Gasteiger partial charge in [0.05, 0.1) is 22.6 Å².